The van der Waals surface area contributed by atoms with Crippen LogP contribution in [-0.2, 0) is 28.7 Å². The maximum Gasteiger partial charge on any atom is 0.309 e. The van der Waals surface area contributed by atoms with E-state index in [4.69, 9.17) is 10.00 Å². The van der Waals surface area contributed by atoms with Gasteiger partial charge in [0.25, 0.3) is 0 Å². The third-order valence-corrected chi connectivity index (χ3v) is 8.35. The predicted octanol–water partition coefficient (Wildman–Crippen LogP) is 0.315. The molecule has 3 heterocycles. The first-order valence-corrected chi connectivity index (χ1v) is 15.4. The number of nitriles is 1. The molecule has 5 atom stereocenters. The summed E-state index contributed by atoms with van der Waals surface area (Å²) < 4.78 is 5.47. The van der Waals surface area contributed by atoms with Crippen LogP contribution in [0.5, 0.6) is 0 Å². The molecular formula is C25H37N5O7S2. The van der Waals surface area contributed by atoms with Crippen LogP contribution in [0.15, 0.2) is 12.2 Å². The van der Waals surface area contributed by atoms with Gasteiger partial charge in [0.05, 0.1) is 31.4 Å². The molecule has 1 saturated heterocycles. The molecule has 39 heavy (non-hydrogen) atoms. The minimum Gasteiger partial charge on any atom is -0.457 e. The van der Waals surface area contributed by atoms with Crippen molar-refractivity contribution in [1.29, 1.82) is 5.26 Å². The maximum absolute atomic E-state index is 13.3. The van der Waals surface area contributed by atoms with Gasteiger partial charge in [-0.05, 0) is 24.8 Å². The smallest absolute Gasteiger partial charge is 0.309 e. The van der Waals surface area contributed by atoms with Crippen molar-refractivity contribution < 1.29 is 33.8 Å². The number of carbonyl (C=O) groups is 5. The number of aliphatic hydroxyl groups excluding tert-OH is 1. The molecule has 0 spiro atoms. The van der Waals surface area contributed by atoms with Gasteiger partial charge >= 0.3 is 5.97 Å². The Balaban J connectivity index is 2.36. The summed E-state index contributed by atoms with van der Waals surface area (Å²) >= 11 is 0. The Morgan fingerprint density at radius 1 is 1.18 bits per heavy atom. The van der Waals surface area contributed by atoms with Gasteiger partial charge in [-0.1, -0.05) is 41.5 Å². The predicted molar refractivity (Wildman–Crippen MR) is 147 cm³/mol. The van der Waals surface area contributed by atoms with Crippen LogP contribution in [0.1, 0.15) is 52.4 Å². The van der Waals surface area contributed by atoms with Crippen LogP contribution in [0.25, 0.3) is 0 Å². The molecule has 3 rings (SSSR count). The number of hydrogen-bond acceptors (Lipinski definition) is 10. The van der Waals surface area contributed by atoms with Crippen molar-refractivity contribution in [3.8, 4) is 6.07 Å². The van der Waals surface area contributed by atoms with Crippen LogP contribution in [-0.4, -0.2) is 83.1 Å². The third-order valence-electron chi connectivity index (χ3n) is 6.07. The van der Waals surface area contributed by atoms with E-state index in [-0.39, 0.29) is 62.6 Å². The van der Waals surface area contributed by atoms with Crippen molar-refractivity contribution in [2.75, 3.05) is 18.1 Å². The van der Waals surface area contributed by atoms with Gasteiger partial charge in [0, 0.05) is 30.5 Å². The summed E-state index contributed by atoms with van der Waals surface area (Å²) in [5.74, 6) is -2.09. The summed E-state index contributed by atoms with van der Waals surface area (Å²) in [4.78, 5) is 64.2. The second-order valence-corrected chi connectivity index (χ2v) is 12.2. The van der Waals surface area contributed by atoms with Gasteiger partial charge in [-0.15, -0.1) is 0 Å². The third kappa shape index (κ3) is 12.3. The zero-order chi connectivity index (χ0) is 28.8. The first-order valence-electron chi connectivity index (χ1n) is 12.9. The Kier molecular flexibility index (Phi) is 14.2. The lowest BCUT2D eigenvalue weighted by molar-refractivity contribution is -0.150. The Hall–Kier alpha value is -2.76. The molecule has 5 N–H and O–H groups in total. The van der Waals surface area contributed by atoms with Gasteiger partial charge in [0.1, 0.15) is 18.2 Å². The van der Waals surface area contributed by atoms with E-state index in [2.05, 4.69) is 21.3 Å². The van der Waals surface area contributed by atoms with E-state index < -0.39 is 54.0 Å². The second-order valence-electron chi connectivity index (χ2n) is 9.66. The lowest BCUT2D eigenvalue weighted by atomic mass is 9.96. The molecule has 0 unspecified atom stereocenters. The van der Waals surface area contributed by atoms with Gasteiger partial charge in [-0.25, -0.2) is 0 Å². The van der Waals surface area contributed by atoms with Crippen molar-refractivity contribution >= 4 is 51.2 Å². The summed E-state index contributed by atoms with van der Waals surface area (Å²) in [5.41, 5.74) is 0. The molecule has 0 aromatic heterocycles. The highest BCUT2D eigenvalue weighted by molar-refractivity contribution is 8.76. The molecule has 0 saturated carbocycles. The van der Waals surface area contributed by atoms with Crippen LogP contribution < -0.4 is 21.3 Å². The molecule has 14 heteroatoms. The zero-order valence-corrected chi connectivity index (χ0v) is 23.8. The monoisotopic (exact) mass is 583 g/mol. The fourth-order valence-electron chi connectivity index (χ4n) is 3.91. The molecule has 0 aromatic rings. The van der Waals surface area contributed by atoms with Gasteiger partial charge in [0.15, 0.2) is 0 Å². The molecule has 3 aliphatic rings. The number of amides is 4. The number of ether oxygens (including phenoxy) is 1. The molecule has 4 amide bonds. The lowest BCUT2D eigenvalue weighted by Crippen LogP contribution is -2.57. The normalized spacial score (nSPS) is 28.3. The van der Waals surface area contributed by atoms with E-state index in [1.165, 1.54) is 21.6 Å². The molecule has 0 radical (unpaired) electrons. The average molecular weight is 584 g/mol. The quantitative estimate of drug-likeness (QED) is 0.126. The van der Waals surface area contributed by atoms with Crippen molar-refractivity contribution in [2.45, 2.75) is 82.7 Å². The number of nitrogens with zero attached hydrogens (tertiary/aromatic N) is 1. The number of carbonyl (C=O) groups excluding carboxylic acids is 5. The highest BCUT2D eigenvalue weighted by Crippen LogP contribution is 2.23. The zero-order valence-electron chi connectivity index (χ0n) is 22.1. The number of aliphatic hydroxyl groups is 1. The molecule has 0 aliphatic carbocycles. The number of nitrogens with one attached hydrogen (secondary N) is 4. The molecule has 2 bridgehead atoms. The maximum atomic E-state index is 13.3. The summed E-state index contributed by atoms with van der Waals surface area (Å²) in [6.07, 6.45) is 0.864. The Bertz CT molecular complexity index is 956. The first kappa shape index (κ1) is 32.5. The second kappa shape index (κ2) is 17.0. The fourth-order valence-corrected chi connectivity index (χ4v) is 5.88. The lowest BCUT2D eigenvalue weighted by Gasteiger charge is -2.29. The van der Waals surface area contributed by atoms with Crippen LogP contribution in [0.3, 0.4) is 0 Å². The molecule has 12 nitrogen and oxygen atoms in total. The summed E-state index contributed by atoms with van der Waals surface area (Å²) in [5, 5.41) is 29.9. The number of esters is 1. The van der Waals surface area contributed by atoms with E-state index >= 15 is 0 Å². The summed E-state index contributed by atoms with van der Waals surface area (Å²) in [6.45, 7) is 3.92. The van der Waals surface area contributed by atoms with Gasteiger partial charge < -0.3 is 31.1 Å². The van der Waals surface area contributed by atoms with E-state index in [9.17, 15) is 29.1 Å². The molecule has 216 valence electrons. The Morgan fingerprint density at radius 2 is 1.95 bits per heavy atom. The Morgan fingerprint density at radius 3 is 2.67 bits per heavy atom. The molecule has 3 aliphatic heterocycles. The summed E-state index contributed by atoms with van der Waals surface area (Å²) in [6, 6.07) is -0.632. The van der Waals surface area contributed by atoms with Crippen LogP contribution in [0.4, 0.5) is 0 Å². The SMILES string of the molecule is CC(C)[C@H]1C[C@@H](O)CC(=O)O[C@@H]2/C=C/CSSC[C@@H](NC(=O)[C@H](CCC(=O)NCCC#N)NC(=O)C2)C(=O)N1. The van der Waals surface area contributed by atoms with Crippen molar-refractivity contribution in [1.82, 2.24) is 21.3 Å². The minimum absolute atomic E-state index is 0.0483. The largest absolute Gasteiger partial charge is 0.457 e. The van der Waals surface area contributed by atoms with Gasteiger partial charge in [-0.2, -0.15) is 5.26 Å². The molecular weight excluding hydrogens is 546 g/mol. The van der Waals surface area contributed by atoms with E-state index in [0.717, 1.165) is 0 Å². The topological polar surface area (TPSA) is 187 Å². The fraction of sp³-hybridized carbons (Fsp3) is 0.680. The van der Waals surface area contributed by atoms with Crippen LogP contribution >= 0.6 is 21.6 Å². The van der Waals surface area contributed by atoms with Crippen molar-refractivity contribution in [2.24, 2.45) is 5.92 Å². The number of rotatable bonds is 6. The molecule has 0 aromatic carbocycles. The number of fused-ring (bicyclic) bond motifs is 16. The average Bonchev–Trinajstić information content (AvgIpc) is 2.85. The van der Waals surface area contributed by atoms with E-state index in [1.807, 2.05) is 19.9 Å². The highest BCUT2D eigenvalue weighted by atomic mass is 33.1. The standard InChI is InChI=1S/C25H37N5O7S2/c1-15(2)19-11-16(31)12-23(34)37-17-5-3-10-38-39-14-20(25(36)29-19)30-24(35)18(28-22(33)13-17)6-7-21(32)27-9-4-8-26/h3,5,15-20,31H,4,6-7,9-14H2,1-2H3,(H,27,32)(H,28,33)(H,29,36)(H,30,35)/b5-3+/t16-,17-,18+,19-,20-/m1/s1. The van der Waals surface area contributed by atoms with Crippen molar-refractivity contribution in [3.63, 3.8) is 0 Å². The van der Waals surface area contributed by atoms with Gasteiger partial charge in [0.2, 0.25) is 23.6 Å². The Labute approximate surface area is 236 Å². The van der Waals surface area contributed by atoms with Crippen molar-refractivity contribution in [3.05, 3.63) is 12.2 Å². The highest BCUT2D eigenvalue weighted by Gasteiger charge is 2.31. The number of hydrogen-bond donors (Lipinski definition) is 5. The van der Waals surface area contributed by atoms with E-state index in [1.54, 1.807) is 12.2 Å². The summed E-state index contributed by atoms with van der Waals surface area (Å²) in [7, 11) is 2.81. The first-order chi connectivity index (χ1) is 18.6. The van der Waals surface area contributed by atoms with Crippen LogP contribution in [0, 0.1) is 17.2 Å². The molecule has 1 fully saturated rings. The van der Waals surface area contributed by atoms with Gasteiger partial charge in [-0.3, -0.25) is 24.0 Å². The minimum atomic E-state index is -1.13. The van der Waals surface area contributed by atoms with E-state index in [0.29, 0.717) is 5.75 Å². The van der Waals surface area contributed by atoms with Crippen LogP contribution in [0.2, 0.25) is 0 Å².